The molecule has 84 valence electrons. The second kappa shape index (κ2) is 4.06. The number of rotatable bonds is 2. The molecule has 0 aliphatic rings. The summed E-state index contributed by atoms with van der Waals surface area (Å²) < 4.78 is 5.13. The molecule has 0 amide bonds. The van der Waals surface area contributed by atoms with Gasteiger partial charge >= 0.3 is 0 Å². The molecule has 0 aliphatic heterocycles. The van der Waals surface area contributed by atoms with Crippen LogP contribution in [0.4, 0.5) is 5.82 Å². The van der Waals surface area contributed by atoms with Gasteiger partial charge in [0.05, 0.1) is 17.2 Å². The van der Waals surface area contributed by atoms with Crippen LogP contribution in [-0.4, -0.2) is 15.0 Å². The second-order valence-electron chi connectivity index (χ2n) is 3.30. The molecule has 0 atom stereocenters. The highest BCUT2D eigenvalue weighted by Gasteiger charge is 2.09. The molecule has 0 saturated carbocycles. The van der Waals surface area contributed by atoms with Gasteiger partial charge in [0.1, 0.15) is 11.3 Å². The maximum Gasteiger partial charge on any atom is 0.262 e. The number of anilines is 1. The standard InChI is InChI=1S/C11H8N4OS/c12-9-10(17-11-13-5-6-16-11)15-8-4-2-1-3-7(8)14-9/h1-6H,(H2,12,14). The van der Waals surface area contributed by atoms with Gasteiger partial charge in [-0.1, -0.05) is 12.1 Å². The van der Waals surface area contributed by atoms with E-state index in [0.29, 0.717) is 16.1 Å². The molecule has 0 spiro atoms. The molecule has 1 aromatic carbocycles. The first-order valence-electron chi connectivity index (χ1n) is 4.92. The van der Waals surface area contributed by atoms with Crippen molar-refractivity contribution in [3.05, 3.63) is 36.7 Å². The molecule has 0 bridgehead atoms. The van der Waals surface area contributed by atoms with Crippen molar-refractivity contribution in [2.45, 2.75) is 10.2 Å². The topological polar surface area (TPSA) is 77.8 Å². The monoisotopic (exact) mass is 244 g/mol. The highest BCUT2D eigenvalue weighted by molar-refractivity contribution is 7.99. The number of para-hydroxylation sites is 2. The molecule has 3 rings (SSSR count). The summed E-state index contributed by atoms with van der Waals surface area (Å²) in [5.74, 6) is 0.381. The number of aromatic nitrogens is 3. The summed E-state index contributed by atoms with van der Waals surface area (Å²) in [6.45, 7) is 0. The van der Waals surface area contributed by atoms with Crippen molar-refractivity contribution in [3.8, 4) is 0 Å². The van der Waals surface area contributed by atoms with Crippen LogP contribution in [-0.2, 0) is 0 Å². The van der Waals surface area contributed by atoms with Crippen LogP contribution in [0.1, 0.15) is 0 Å². The first kappa shape index (κ1) is 10.1. The summed E-state index contributed by atoms with van der Waals surface area (Å²) in [5.41, 5.74) is 7.42. The van der Waals surface area contributed by atoms with Crippen LogP contribution in [0.25, 0.3) is 11.0 Å². The van der Waals surface area contributed by atoms with Gasteiger partial charge in [0.15, 0.2) is 5.82 Å². The molecule has 2 aromatic heterocycles. The Hall–Kier alpha value is -2.08. The second-order valence-corrected chi connectivity index (χ2v) is 4.24. The van der Waals surface area contributed by atoms with Gasteiger partial charge in [-0.3, -0.25) is 0 Å². The van der Waals surface area contributed by atoms with E-state index < -0.39 is 0 Å². The van der Waals surface area contributed by atoms with Gasteiger partial charge in [-0.2, -0.15) is 0 Å². The third-order valence-electron chi connectivity index (χ3n) is 2.16. The van der Waals surface area contributed by atoms with Crippen molar-refractivity contribution < 1.29 is 4.42 Å². The van der Waals surface area contributed by atoms with Crippen LogP contribution in [0.3, 0.4) is 0 Å². The van der Waals surface area contributed by atoms with E-state index in [9.17, 15) is 0 Å². The molecule has 0 saturated heterocycles. The Labute approximate surface area is 101 Å². The average Bonchev–Trinajstić information content (AvgIpc) is 2.83. The fourth-order valence-corrected chi connectivity index (χ4v) is 2.09. The zero-order chi connectivity index (χ0) is 11.7. The van der Waals surface area contributed by atoms with Crippen molar-refractivity contribution in [2.75, 3.05) is 5.73 Å². The summed E-state index contributed by atoms with van der Waals surface area (Å²) >= 11 is 1.26. The molecule has 0 radical (unpaired) electrons. The molecule has 0 unspecified atom stereocenters. The van der Waals surface area contributed by atoms with Gasteiger partial charge in [-0.05, 0) is 23.9 Å². The maximum absolute atomic E-state index is 5.84. The van der Waals surface area contributed by atoms with Crippen LogP contribution in [0.2, 0.25) is 0 Å². The number of nitrogens with zero attached hydrogens (tertiary/aromatic N) is 3. The predicted octanol–water partition coefficient (Wildman–Crippen LogP) is 2.35. The van der Waals surface area contributed by atoms with Gasteiger partial charge in [-0.15, -0.1) is 0 Å². The van der Waals surface area contributed by atoms with Crippen LogP contribution in [0, 0.1) is 0 Å². The SMILES string of the molecule is Nc1nc2ccccc2nc1Sc1ncco1. The Balaban J connectivity index is 2.07. The van der Waals surface area contributed by atoms with E-state index >= 15 is 0 Å². The van der Waals surface area contributed by atoms with E-state index in [-0.39, 0.29) is 0 Å². The molecular weight excluding hydrogens is 236 g/mol. The van der Waals surface area contributed by atoms with Gasteiger partial charge in [0.25, 0.3) is 5.22 Å². The number of nitrogens with two attached hydrogens (primary N) is 1. The Morgan fingerprint density at radius 3 is 2.59 bits per heavy atom. The number of fused-ring (bicyclic) bond motifs is 1. The fourth-order valence-electron chi connectivity index (χ4n) is 1.42. The number of hydrogen-bond donors (Lipinski definition) is 1. The number of hydrogen-bond acceptors (Lipinski definition) is 6. The molecule has 2 N–H and O–H groups in total. The first-order chi connectivity index (χ1) is 8.33. The van der Waals surface area contributed by atoms with Crippen LogP contribution >= 0.6 is 11.8 Å². The lowest BCUT2D eigenvalue weighted by atomic mass is 10.3. The Kier molecular flexibility index (Phi) is 2.41. The lowest BCUT2D eigenvalue weighted by molar-refractivity contribution is 0.454. The molecule has 3 aromatic rings. The van der Waals surface area contributed by atoms with Gasteiger partial charge in [0.2, 0.25) is 0 Å². The summed E-state index contributed by atoms with van der Waals surface area (Å²) in [4.78, 5) is 12.7. The van der Waals surface area contributed by atoms with E-state index in [2.05, 4.69) is 15.0 Å². The number of nitrogen functional groups attached to an aromatic ring is 1. The predicted molar refractivity (Wildman–Crippen MR) is 64.6 cm³/mol. The quantitative estimate of drug-likeness (QED) is 0.745. The highest BCUT2D eigenvalue weighted by atomic mass is 32.2. The van der Waals surface area contributed by atoms with E-state index in [1.807, 2.05) is 24.3 Å². The van der Waals surface area contributed by atoms with Gasteiger partial charge in [-0.25, -0.2) is 15.0 Å². The number of benzene rings is 1. The van der Waals surface area contributed by atoms with Crippen molar-refractivity contribution in [1.29, 1.82) is 0 Å². The summed E-state index contributed by atoms with van der Waals surface area (Å²) in [5, 5.41) is 1.10. The van der Waals surface area contributed by atoms with E-state index in [0.717, 1.165) is 11.0 Å². The Bertz CT molecular complexity index is 654. The average molecular weight is 244 g/mol. The summed E-state index contributed by atoms with van der Waals surface area (Å²) in [7, 11) is 0. The maximum atomic E-state index is 5.84. The van der Waals surface area contributed by atoms with Gasteiger partial charge < -0.3 is 10.2 Å². The molecule has 6 heteroatoms. The minimum absolute atomic E-state index is 0.381. The lowest BCUT2D eigenvalue weighted by Gasteiger charge is -2.03. The molecule has 0 fully saturated rings. The molecule has 5 nitrogen and oxygen atoms in total. The third kappa shape index (κ3) is 1.94. The van der Waals surface area contributed by atoms with E-state index in [1.165, 1.54) is 18.0 Å². The fraction of sp³-hybridized carbons (Fsp3) is 0. The van der Waals surface area contributed by atoms with Crippen LogP contribution in [0.5, 0.6) is 0 Å². The zero-order valence-electron chi connectivity index (χ0n) is 8.70. The van der Waals surface area contributed by atoms with E-state index in [1.54, 1.807) is 6.20 Å². The molecule has 2 heterocycles. The third-order valence-corrected chi connectivity index (χ3v) is 3.03. The molecular formula is C11H8N4OS. The minimum atomic E-state index is 0.381. The first-order valence-corrected chi connectivity index (χ1v) is 5.74. The van der Waals surface area contributed by atoms with E-state index in [4.69, 9.17) is 10.2 Å². The van der Waals surface area contributed by atoms with Crippen LogP contribution in [0.15, 0.2) is 51.4 Å². The number of oxazole rings is 1. The highest BCUT2D eigenvalue weighted by Crippen LogP contribution is 2.29. The molecule has 0 aliphatic carbocycles. The molecule has 17 heavy (non-hydrogen) atoms. The Morgan fingerprint density at radius 2 is 1.88 bits per heavy atom. The van der Waals surface area contributed by atoms with Crippen molar-refractivity contribution in [3.63, 3.8) is 0 Å². The van der Waals surface area contributed by atoms with Crippen molar-refractivity contribution >= 4 is 28.6 Å². The largest absolute Gasteiger partial charge is 0.440 e. The van der Waals surface area contributed by atoms with Crippen molar-refractivity contribution in [2.24, 2.45) is 0 Å². The zero-order valence-corrected chi connectivity index (χ0v) is 9.52. The smallest absolute Gasteiger partial charge is 0.262 e. The summed E-state index contributed by atoms with van der Waals surface area (Å²) in [6, 6.07) is 7.57. The summed E-state index contributed by atoms with van der Waals surface area (Å²) in [6.07, 6.45) is 3.08. The minimum Gasteiger partial charge on any atom is -0.440 e. The lowest BCUT2D eigenvalue weighted by Crippen LogP contribution is -1.97. The van der Waals surface area contributed by atoms with Crippen LogP contribution < -0.4 is 5.73 Å². The van der Waals surface area contributed by atoms with Gasteiger partial charge in [0, 0.05) is 0 Å². The Morgan fingerprint density at radius 1 is 1.12 bits per heavy atom. The van der Waals surface area contributed by atoms with Crippen molar-refractivity contribution in [1.82, 2.24) is 15.0 Å². The normalized spacial score (nSPS) is 10.8.